The second-order valence-corrected chi connectivity index (χ2v) is 6.18. The molecule has 0 bridgehead atoms. The van der Waals surface area contributed by atoms with E-state index >= 15 is 0 Å². The summed E-state index contributed by atoms with van der Waals surface area (Å²) >= 11 is 7.13. The van der Waals surface area contributed by atoms with Crippen molar-refractivity contribution < 1.29 is 14.2 Å². The number of ether oxygens (including phenoxy) is 3. The van der Waals surface area contributed by atoms with E-state index in [-0.39, 0.29) is 0 Å². The summed E-state index contributed by atoms with van der Waals surface area (Å²) in [5.74, 6) is 0.840. The zero-order valence-corrected chi connectivity index (χ0v) is 15.8. The van der Waals surface area contributed by atoms with Crippen molar-refractivity contribution >= 4 is 31.9 Å². The van der Waals surface area contributed by atoms with E-state index in [1.807, 2.05) is 0 Å². The fourth-order valence-electron chi connectivity index (χ4n) is 1.70. The zero-order chi connectivity index (χ0) is 15.5. The first-order valence-corrected chi connectivity index (χ1v) is 8.65. The second kappa shape index (κ2) is 11.4. The van der Waals surface area contributed by atoms with E-state index in [9.17, 15) is 0 Å². The molecule has 1 rings (SSSR count). The molecular weight excluding hydrogens is 402 g/mol. The number of methoxy groups -OCH3 is 1. The van der Waals surface area contributed by atoms with Crippen molar-refractivity contribution in [1.82, 2.24) is 5.32 Å². The summed E-state index contributed by atoms with van der Waals surface area (Å²) in [5.41, 5.74) is 1.21. The summed E-state index contributed by atoms with van der Waals surface area (Å²) in [6.07, 6.45) is 0.849. The summed E-state index contributed by atoms with van der Waals surface area (Å²) in [7, 11) is 1.67. The number of nitrogens with one attached hydrogen (secondary N) is 1. The SMILES string of the molecule is CCNCc1cc(Br)c(OCCCOCCOC)c(Br)c1. The van der Waals surface area contributed by atoms with Gasteiger partial charge in [-0.15, -0.1) is 0 Å². The largest absolute Gasteiger partial charge is 0.491 e. The topological polar surface area (TPSA) is 39.7 Å². The molecule has 0 heterocycles. The van der Waals surface area contributed by atoms with Gasteiger partial charge in [0.1, 0.15) is 5.75 Å². The van der Waals surface area contributed by atoms with Gasteiger partial charge in [0, 0.05) is 26.7 Å². The maximum atomic E-state index is 5.81. The Bertz CT molecular complexity index is 393. The van der Waals surface area contributed by atoms with E-state index in [1.54, 1.807) is 7.11 Å². The van der Waals surface area contributed by atoms with Gasteiger partial charge >= 0.3 is 0 Å². The number of hydrogen-bond donors (Lipinski definition) is 1. The molecule has 0 radical (unpaired) electrons. The molecule has 4 nitrogen and oxygen atoms in total. The van der Waals surface area contributed by atoms with Crippen LogP contribution in [0.1, 0.15) is 18.9 Å². The van der Waals surface area contributed by atoms with Crippen molar-refractivity contribution in [2.24, 2.45) is 0 Å². The Morgan fingerprint density at radius 3 is 2.38 bits per heavy atom. The summed E-state index contributed by atoms with van der Waals surface area (Å²) in [4.78, 5) is 0. The zero-order valence-electron chi connectivity index (χ0n) is 12.6. The van der Waals surface area contributed by atoms with Crippen LogP contribution in [0.2, 0.25) is 0 Å². The summed E-state index contributed by atoms with van der Waals surface area (Å²) in [5, 5.41) is 3.31. The van der Waals surface area contributed by atoms with Gasteiger partial charge in [-0.2, -0.15) is 0 Å². The average molecular weight is 425 g/mol. The van der Waals surface area contributed by atoms with Crippen LogP contribution in [-0.2, 0) is 16.0 Å². The van der Waals surface area contributed by atoms with Crippen LogP contribution in [0.5, 0.6) is 5.75 Å². The highest BCUT2D eigenvalue weighted by atomic mass is 79.9. The molecule has 6 heteroatoms. The van der Waals surface area contributed by atoms with E-state index < -0.39 is 0 Å². The molecule has 0 aromatic heterocycles. The lowest BCUT2D eigenvalue weighted by molar-refractivity contribution is 0.0643. The van der Waals surface area contributed by atoms with Gasteiger partial charge in [-0.05, 0) is 56.1 Å². The minimum Gasteiger partial charge on any atom is -0.491 e. The van der Waals surface area contributed by atoms with Gasteiger partial charge in [0.25, 0.3) is 0 Å². The molecule has 0 atom stereocenters. The van der Waals surface area contributed by atoms with E-state index in [0.29, 0.717) is 26.4 Å². The molecule has 0 aliphatic carbocycles. The number of hydrogen-bond acceptors (Lipinski definition) is 4. The molecule has 120 valence electrons. The number of halogens is 2. The maximum absolute atomic E-state index is 5.81. The fraction of sp³-hybridized carbons (Fsp3) is 0.600. The third kappa shape index (κ3) is 7.61. The van der Waals surface area contributed by atoms with E-state index in [1.165, 1.54) is 5.56 Å². The van der Waals surface area contributed by atoms with Crippen LogP contribution >= 0.6 is 31.9 Å². The van der Waals surface area contributed by atoms with Crippen LogP contribution in [0, 0.1) is 0 Å². The van der Waals surface area contributed by atoms with Gasteiger partial charge in [0.05, 0.1) is 28.8 Å². The Hall–Kier alpha value is -0.140. The second-order valence-electron chi connectivity index (χ2n) is 4.48. The molecule has 0 aliphatic rings. The van der Waals surface area contributed by atoms with Gasteiger partial charge in [0.2, 0.25) is 0 Å². The lowest BCUT2D eigenvalue weighted by Gasteiger charge is -2.12. The van der Waals surface area contributed by atoms with Gasteiger partial charge in [0.15, 0.2) is 0 Å². The summed E-state index contributed by atoms with van der Waals surface area (Å²) < 4.78 is 18.0. The molecule has 1 aromatic rings. The molecule has 0 spiro atoms. The van der Waals surface area contributed by atoms with Crippen LogP contribution in [-0.4, -0.2) is 40.1 Å². The third-order valence-corrected chi connectivity index (χ3v) is 3.93. The third-order valence-electron chi connectivity index (χ3n) is 2.75. The van der Waals surface area contributed by atoms with Gasteiger partial charge < -0.3 is 19.5 Å². The predicted octanol–water partition coefficient (Wildman–Crippen LogP) is 3.75. The minimum absolute atomic E-state index is 0.622. The Balaban J connectivity index is 2.37. The summed E-state index contributed by atoms with van der Waals surface area (Å²) in [6, 6.07) is 4.16. The predicted molar refractivity (Wildman–Crippen MR) is 92.0 cm³/mol. The van der Waals surface area contributed by atoms with E-state index in [2.05, 4.69) is 56.2 Å². The molecular formula is C15H23Br2NO3. The van der Waals surface area contributed by atoms with E-state index in [4.69, 9.17) is 14.2 Å². The van der Waals surface area contributed by atoms with Crippen LogP contribution in [0.3, 0.4) is 0 Å². The Labute approximate surface area is 143 Å². The van der Waals surface area contributed by atoms with Crippen molar-refractivity contribution in [2.45, 2.75) is 19.9 Å². The van der Waals surface area contributed by atoms with Crippen molar-refractivity contribution in [1.29, 1.82) is 0 Å². The lowest BCUT2D eigenvalue weighted by atomic mass is 10.2. The molecule has 0 fully saturated rings. The quantitative estimate of drug-likeness (QED) is 0.549. The molecule has 0 saturated heterocycles. The molecule has 1 aromatic carbocycles. The van der Waals surface area contributed by atoms with Crippen LogP contribution in [0.15, 0.2) is 21.1 Å². The fourth-order valence-corrected chi connectivity index (χ4v) is 3.21. The Kier molecular flexibility index (Phi) is 10.3. The van der Waals surface area contributed by atoms with Crippen molar-refractivity contribution in [3.8, 4) is 5.75 Å². The van der Waals surface area contributed by atoms with Gasteiger partial charge in [-0.1, -0.05) is 6.92 Å². The first-order chi connectivity index (χ1) is 10.2. The Morgan fingerprint density at radius 1 is 1.05 bits per heavy atom. The first kappa shape index (κ1) is 18.9. The highest BCUT2D eigenvalue weighted by molar-refractivity contribution is 9.11. The summed E-state index contributed by atoms with van der Waals surface area (Å²) in [6.45, 7) is 6.45. The normalized spacial score (nSPS) is 10.9. The molecule has 0 amide bonds. The van der Waals surface area contributed by atoms with E-state index in [0.717, 1.165) is 34.2 Å². The van der Waals surface area contributed by atoms with Gasteiger partial charge in [-0.3, -0.25) is 0 Å². The van der Waals surface area contributed by atoms with Crippen LogP contribution in [0.25, 0.3) is 0 Å². The highest BCUT2D eigenvalue weighted by Crippen LogP contribution is 2.34. The molecule has 0 aliphatic heterocycles. The monoisotopic (exact) mass is 423 g/mol. The molecule has 21 heavy (non-hydrogen) atoms. The van der Waals surface area contributed by atoms with Crippen LogP contribution < -0.4 is 10.1 Å². The maximum Gasteiger partial charge on any atom is 0.147 e. The smallest absolute Gasteiger partial charge is 0.147 e. The molecule has 0 saturated carbocycles. The van der Waals surface area contributed by atoms with Crippen molar-refractivity contribution in [3.05, 3.63) is 26.6 Å². The Morgan fingerprint density at radius 2 is 1.76 bits per heavy atom. The number of rotatable bonds is 11. The van der Waals surface area contributed by atoms with Gasteiger partial charge in [-0.25, -0.2) is 0 Å². The average Bonchev–Trinajstić information content (AvgIpc) is 2.46. The van der Waals surface area contributed by atoms with Crippen molar-refractivity contribution in [3.63, 3.8) is 0 Å². The lowest BCUT2D eigenvalue weighted by Crippen LogP contribution is -2.12. The number of benzene rings is 1. The standard InChI is InChI=1S/C15H23Br2NO3/c1-3-18-11-12-9-13(16)15(14(17)10-12)21-6-4-5-20-8-7-19-2/h9-10,18H,3-8,11H2,1-2H3. The van der Waals surface area contributed by atoms with Crippen molar-refractivity contribution in [2.75, 3.05) is 40.1 Å². The highest BCUT2D eigenvalue weighted by Gasteiger charge is 2.09. The first-order valence-electron chi connectivity index (χ1n) is 7.07. The molecule has 0 unspecified atom stereocenters. The molecule has 1 N–H and O–H groups in total. The minimum atomic E-state index is 0.622. The van der Waals surface area contributed by atoms with Crippen LogP contribution in [0.4, 0.5) is 0 Å².